The van der Waals surface area contributed by atoms with Crippen LogP contribution in [0.25, 0.3) is 0 Å². The van der Waals surface area contributed by atoms with Crippen LogP contribution in [0.3, 0.4) is 0 Å². The predicted molar refractivity (Wildman–Crippen MR) is 59.0 cm³/mol. The molecule has 0 saturated heterocycles. The molecule has 4 nitrogen and oxygen atoms in total. The Morgan fingerprint density at radius 1 is 1.50 bits per heavy atom. The molecule has 0 unspecified atom stereocenters. The van der Waals surface area contributed by atoms with Gasteiger partial charge in [-0.3, -0.25) is 0 Å². The minimum absolute atomic E-state index is 0.0520. The fourth-order valence-corrected chi connectivity index (χ4v) is 1.52. The molecule has 0 aliphatic rings. The molecular formula is C11H12F3N3O. The Bertz CT molecular complexity index is 454. The van der Waals surface area contributed by atoms with Gasteiger partial charge in [0.05, 0.1) is 12.2 Å². The zero-order valence-electron chi connectivity index (χ0n) is 9.70. The number of aryl methyl sites for hydroxylation is 1. The molecule has 1 N–H and O–H groups in total. The SMILES string of the molecule is Cc1ccnc(N(CCO)CC(F)(F)F)c1C#N. The van der Waals surface area contributed by atoms with Gasteiger partial charge in [0, 0.05) is 12.7 Å². The summed E-state index contributed by atoms with van der Waals surface area (Å²) in [6.07, 6.45) is -3.08. The smallest absolute Gasteiger partial charge is 0.395 e. The van der Waals surface area contributed by atoms with Crippen LogP contribution in [0.5, 0.6) is 0 Å². The Hall–Kier alpha value is -1.81. The second-order valence-corrected chi connectivity index (χ2v) is 3.70. The lowest BCUT2D eigenvalue weighted by Crippen LogP contribution is -2.37. The van der Waals surface area contributed by atoms with Crippen molar-refractivity contribution in [1.29, 1.82) is 5.26 Å². The molecule has 0 aliphatic carbocycles. The molecule has 0 fully saturated rings. The number of aromatic nitrogens is 1. The van der Waals surface area contributed by atoms with Gasteiger partial charge in [-0.2, -0.15) is 18.4 Å². The van der Waals surface area contributed by atoms with Crippen molar-refractivity contribution in [2.75, 3.05) is 24.6 Å². The van der Waals surface area contributed by atoms with Crippen LogP contribution in [0.15, 0.2) is 12.3 Å². The number of anilines is 1. The molecule has 0 aliphatic heterocycles. The van der Waals surface area contributed by atoms with E-state index in [4.69, 9.17) is 10.4 Å². The number of pyridine rings is 1. The molecule has 7 heteroatoms. The summed E-state index contributed by atoms with van der Waals surface area (Å²) in [6, 6.07) is 3.38. The first-order valence-corrected chi connectivity index (χ1v) is 5.17. The van der Waals surface area contributed by atoms with Gasteiger partial charge in [-0.1, -0.05) is 0 Å². The Morgan fingerprint density at radius 3 is 2.67 bits per heavy atom. The maximum Gasteiger partial charge on any atom is 0.405 e. The fourth-order valence-electron chi connectivity index (χ4n) is 1.52. The molecule has 0 radical (unpaired) electrons. The maximum atomic E-state index is 12.4. The summed E-state index contributed by atoms with van der Waals surface area (Å²) >= 11 is 0. The highest BCUT2D eigenvalue weighted by Gasteiger charge is 2.32. The monoisotopic (exact) mass is 259 g/mol. The Kier molecular flexibility index (Phi) is 4.50. The third kappa shape index (κ3) is 3.60. The third-order valence-corrected chi connectivity index (χ3v) is 2.29. The van der Waals surface area contributed by atoms with E-state index in [0.29, 0.717) is 5.56 Å². The molecule has 0 spiro atoms. The van der Waals surface area contributed by atoms with Gasteiger partial charge in [0.2, 0.25) is 0 Å². The largest absolute Gasteiger partial charge is 0.405 e. The van der Waals surface area contributed by atoms with Crippen molar-refractivity contribution in [2.24, 2.45) is 0 Å². The van der Waals surface area contributed by atoms with Crippen molar-refractivity contribution in [2.45, 2.75) is 13.1 Å². The zero-order valence-corrected chi connectivity index (χ0v) is 9.70. The molecule has 0 aromatic carbocycles. The lowest BCUT2D eigenvalue weighted by atomic mass is 10.1. The number of aliphatic hydroxyl groups is 1. The Labute approximate surface area is 102 Å². The topological polar surface area (TPSA) is 60.1 Å². The van der Waals surface area contributed by atoms with E-state index < -0.39 is 19.3 Å². The zero-order chi connectivity index (χ0) is 13.8. The molecule has 1 rings (SSSR count). The molecule has 1 heterocycles. The standard InChI is InChI=1S/C11H12F3N3O/c1-8-2-3-16-10(9(8)6-15)17(4-5-18)7-11(12,13)14/h2-3,18H,4-5,7H2,1H3. The number of nitriles is 1. The highest BCUT2D eigenvalue weighted by Crippen LogP contribution is 2.24. The van der Waals surface area contributed by atoms with Gasteiger partial charge in [-0.25, -0.2) is 4.98 Å². The van der Waals surface area contributed by atoms with E-state index >= 15 is 0 Å². The minimum Gasteiger partial charge on any atom is -0.395 e. The number of hydrogen-bond donors (Lipinski definition) is 1. The van der Waals surface area contributed by atoms with E-state index in [2.05, 4.69) is 4.98 Å². The van der Waals surface area contributed by atoms with Gasteiger partial charge in [-0.15, -0.1) is 0 Å². The first-order valence-electron chi connectivity index (χ1n) is 5.17. The van der Waals surface area contributed by atoms with Crippen LogP contribution in [0.2, 0.25) is 0 Å². The Morgan fingerprint density at radius 2 is 2.17 bits per heavy atom. The first-order chi connectivity index (χ1) is 8.39. The van der Waals surface area contributed by atoms with E-state index in [-0.39, 0.29) is 17.9 Å². The van der Waals surface area contributed by atoms with Crippen molar-refractivity contribution < 1.29 is 18.3 Å². The van der Waals surface area contributed by atoms with Crippen molar-refractivity contribution in [3.8, 4) is 6.07 Å². The molecule has 0 amide bonds. The number of hydrogen-bond acceptors (Lipinski definition) is 4. The van der Waals surface area contributed by atoms with E-state index in [1.807, 2.05) is 6.07 Å². The minimum atomic E-state index is -4.42. The third-order valence-electron chi connectivity index (χ3n) is 2.29. The fraction of sp³-hybridized carbons (Fsp3) is 0.455. The van der Waals surface area contributed by atoms with Gasteiger partial charge >= 0.3 is 6.18 Å². The molecule has 0 bridgehead atoms. The predicted octanol–water partition coefficient (Wildman–Crippen LogP) is 1.62. The molecule has 0 atom stereocenters. The van der Waals surface area contributed by atoms with Crippen LogP contribution in [-0.4, -0.2) is 36.0 Å². The van der Waals surface area contributed by atoms with E-state index in [1.165, 1.54) is 6.20 Å². The number of rotatable bonds is 4. The summed E-state index contributed by atoms with van der Waals surface area (Å²) in [5, 5.41) is 17.8. The quantitative estimate of drug-likeness (QED) is 0.892. The summed E-state index contributed by atoms with van der Waals surface area (Å²) in [7, 11) is 0. The van der Waals surface area contributed by atoms with Gasteiger partial charge in [-0.05, 0) is 18.6 Å². The highest BCUT2D eigenvalue weighted by molar-refractivity contribution is 5.57. The van der Waals surface area contributed by atoms with Gasteiger partial charge in [0.1, 0.15) is 18.4 Å². The number of nitrogens with zero attached hydrogens (tertiary/aromatic N) is 3. The first kappa shape index (κ1) is 14.3. The van der Waals surface area contributed by atoms with Crippen LogP contribution in [0, 0.1) is 18.3 Å². The van der Waals surface area contributed by atoms with Gasteiger partial charge in [0.25, 0.3) is 0 Å². The van der Waals surface area contributed by atoms with Crippen molar-refractivity contribution >= 4 is 5.82 Å². The molecule has 18 heavy (non-hydrogen) atoms. The summed E-state index contributed by atoms with van der Waals surface area (Å²) in [5.41, 5.74) is 0.641. The summed E-state index contributed by atoms with van der Waals surface area (Å²) in [5.74, 6) is -0.0520. The number of aliphatic hydroxyl groups excluding tert-OH is 1. The van der Waals surface area contributed by atoms with Crippen LogP contribution >= 0.6 is 0 Å². The van der Waals surface area contributed by atoms with Gasteiger partial charge < -0.3 is 10.0 Å². The van der Waals surface area contributed by atoms with Crippen molar-refractivity contribution in [3.05, 3.63) is 23.4 Å². The van der Waals surface area contributed by atoms with Crippen LogP contribution in [0.1, 0.15) is 11.1 Å². The van der Waals surface area contributed by atoms with E-state index in [9.17, 15) is 13.2 Å². The van der Waals surface area contributed by atoms with Crippen molar-refractivity contribution in [1.82, 2.24) is 4.98 Å². The molecular weight excluding hydrogens is 247 g/mol. The highest BCUT2D eigenvalue weighted by atomic mass is 19.4. The number of alkyl halides is 3. The molecule has 98 valence electrons. The van der Waals surface area contributed by atoms with Crippen LogP contribution in [0.4, 0.5) is 19.0 Å². The van der Waals surface area contributed by atoms with E-state index in [0.717, 1.165) is 4.90 Å². The number of halogens is 3. The van der Waals surface area contributed by atoms with Gasteiger partial charge in [0.15, 0.2) is 0 Å². The second-order valence-electron chi connectivity index (χ2n) is 3.70. The lowest BCUT2D eigenvalue weighted by Gasteiger charge is -2.25. The van der Waals surface area contributed by atoms with E-state index in [1.54, 1.807) is 13.0 Å². The normalized spacial score (nSPS) is 11.1. The van der Waals surface area contributed by atoms with Crippen LogP contribution in [-0.2, 0) is 0 Å². The lowest BCUT2D eigenvalue weighted by molar-refractivity contribution is -0.120. The molecule has 1 aromatic heterocycles. The molecule has 1 aromatic rings. The maximum absolute atomic E-state index is 12.4. The van der Waals surface area contributed by atoms with Crippen LogP contribution < -0.4 is 4.90 Å². The average molecular weight is 259 g/mol. The summed E-state index contributed by atoms with van der Waals surface area (Å²) in [4.78, 5) is 4.66. The Balaban J connectivity index is 3.14. The molecule has 0 saturated carbocycles. The summed E-state index contributed by atoms with van der Waals surface area (Å²) in [6.45, 7) is -0.311. The van der Waals surface area contributed by atoms with Crippen molar-refractivity contribution in [3.63, 3.8) is 0 Å². The summed E-state index contributed by atoms with van der Waals surface area (Å²) < 4.78 is 37.3. The second kappa shape index (κ2) is 5.69. The average Bonchev–Trinajstić information content (AvgIpc) is 2.26.